The summed E-state index contributed by atoms with van der Waals surface area (Å²) < 4.78 is 0. The summed E-state index contributed by atoms with van der Waals surface area (Å²) in [5.41, 5.74) is 2.89. The van der Waals surface area contributed by atoms with Crippen molar-refractivity contribution in [3.05, 3.63) is 34.3 Å². The molecule has 0 atom stereocenters. The van der Waals surface area contributed by atoms with Gasteiger partial charge in [0.1, 0.15) is 0 Å². The minimum atomic E-state index is 0.184. The van der Waals surface area contributed by atoms with Crippen LogP contribution in [0.2, 0.25) is 5.02 Å². The van der Waals surface area contributed by atoms with E-state index < -0.39 is 0 Å². The Morgan fingerprint density at radius 1 is 1.21 bits per heavy atom. The first-order chi connectivity index (χ1) is 6.53. The Morgan fingerprint density at radius 2 is 1.86 bits per heavy atom. The van der Waals surface area contributed by atoms with E-state index in [0.29, 0.717) is 0 Å². The molecule has 0 radical (unpaired) electrons. The highest BCUT2D eigenvalue weighted by atomic mass is 35.5. The maximum Gasteiger partial charge on any atom is 0.0446 e. The number of halogens is 1. The molecular weight excluding hydrogens is 192 g/mol. The molecule has 0 aromatic heterocycles. The first-order valence-corrected chi connectivity index (χ1v) is 5.68. The van der Waals surface area contributed by atoms with E-state index in [9.17, 15) is 0 Å². The molecule has 0 saturated carbocycles. The zero-order chi connectivity index (χ0) is 10.8. The molecule has 0 nitrogen and oxygen atoms in total. The van der Waals surface area contributed by atoms with Crippen molar-refractivity contribution < 1.29 is 0 Å². The molecule has 1 aromatic carbocycles. The Morgan fingerprint density at radius 3 is 2.36 bits per heavy atom. The van der Waals surface area contributed by atoms with Crippen LogP contribution >= 0.6 is 11.6 Å². The fraction of sp³-hybridized carbons (Fsp3) is 0.538. The average molecular weight is 211 g/mol. The summed E-state index contributed by atoms with van der Waals surface area (Å²) in [5.74, 6) is 0. The van der Waals surface area contributed by atoms with Crippen LogP contribution in [-0.2, 0) is 11.8 Å². The first-order valence-electron chi connectivity index (χ1n) is 5.30. The van der Waals surface area contributed by atoms with Crippen LogP contribution in [0.1, 0.15) is 45.2 Å². The smallest absolute Gasteiger partial charge is 0.0446 e. The van der Waals surface area contributed by atoms with Gasteiger partial charge >= 0.3 is 0 Å². The average Bonchev–Trinajstić information content (AvgIpc) is 2.17. The summed E-state index contributed by atoms with van der Waals surface area (Å²) in [6.07, 6.45) is 2.17. The van der Waals surface area contributed by atoms with Gasteiger partial charge in [-0.25, -0.2) is 0 Å². The van der Waals surface area contributed by atoms with Gasteiger partial charge in [-0.2, -0.15) is 0 Å². The van der Waals surface area contributed by atoms with Crippen molar-refractivity contribution >= 4 is 11.6 Å². The third kappa shape index (κ3) is 2.12. The molecule has 0 bridgehead atoms. The van der Waals surface area contributed by atoms with E-state index in [4.69, 9.17) is 11.6 Å². The molecule has 0 fully saturated rings. The van der Waals surface area contributed by atoms with Crippen LogP contribution < -0.4 is 0 Å². The van der Waals surface area contributed by atoms with Crippen molar-refractivity contribution in [2.75, 3.05) is 0 Å². The van der Waals surface area contributed by atoms with Crippen LogP contribution in [0, 0.1) is 0 Å². The third-order valence-corrected chi connectivity index (χ3v) is 3.36. The minimum absolute atomic E-state index is 0.184. The maximum absolute atomic E-state index is 6.27. The van der Waals surface area contributed by atoms with E-state index in [1.165, 1.54) is 11.1 Å². The highest BCUT2D eigenvalue weighted by Crippen LogP contribution is 2.35. The summed E-state index contributed by atoms with van der Waals surface area (Å²) in [6, 6.07) is 6.21. The number of rotatable bonds is 3. The summed E-state index contributed by atoms with van der Waals surface area (Å²) >= 11 is 6.27. The van der Waals surface area contributed by atoms with Gasteiger partial charge < -0.3 is 0 Å². The lowest BCUT2D eigenvalue weighted by molar-refractivity contribution is 0.502. The van der Waals surface area contributed by atoms with E-state index in [0.717, 1.165) is 17.9 Å². The summed E-state index contributed by atoms with van der Waals surface area (Å²) in [5, 5.41) is 0.913. The molecule has 78 valence electrons. The molecule has 0 spiro atoms. The molecule has 0 N–H and O–H groups in total. The number of aryl methyl sites for hydroxylation is 1. The van der Waals surface area contributed by atoms with Crippen LogP contribution in [0.15, 0.2) is 18.2 Å². The minimum Gasteiger partial charge on any atom is -0.0840 e. The number of hydrogen-bond donors (Lipinski definition) is 0. The molecular formula is C13H19Cl. The fourth-order valence-corrected chi connectivity index (χ4v) is 2.25. The second-order valence-corrected chi connectivity index (χ2v) is 4.77. The molecule has 0 amide bonds. The molecule has 0 saturated heterocycles. The van der Waals surface area contributed by atoms with Crippen LogP contribution in [0.3, 0.4) is 0 Å². The molecule has 1 rings (SSSR count). The van der Waals surface area contributed by atoms with E-state index in [1.807, 2.05) is 12.1 Å². The lowest BCUT2D eigenvalue weighted by Gasteiger charge is -2.27. The van der Waals surface area contributed by atoms with E-state index >= 15 is 0 Å². The zero-order valence-corrected chi connectivity index (χ0v) is 10.3. The first kappa shape index (κ1) is 11.6. The molecule has 0 aliphatic heterocycles. The van der Waals surface area contributed by atoms with Gasteiger partial charge in [-0.05, 0) is 35.4 Å². The van der Waals surface area contributed by atoms with Gasteiger partial charge in [0, 0.05) is 5.02 Å². The van der Waals surface area contributed by atoms with Crippen molar-refractivity contribution in [3.63, 3.8) is 0 Å². The van der Waals surface area contributed by atoms with Crippen molar-refractivity contribution in [3.8, 4) is 0 Å². The van der Waals surface area contributed by atoms with E-state index in [-0.39, 0.29) is 5.41 Å². The van der Waals surface area contributed by atoms with Gasteiger partial charge in [-0.15, -0.1) is 0 Å². The maximum atomic E-state index is 6.27. The van der Waals surface area contributed by atoms with Crippen molar-refractivity contribution in [2.45, 2.75) is 46.0 Å². The number of benzene rings is 1. The quantitative estimate of drug-likeness (QED) is 0.685. The SMILES string of the molecule is CCc1cccc(Cl)c1C(C)(C)CC. The van der Waals surface area contributed by atoms with Gasteiger partial charge in [0.2, 0.25) is 0 Å². The van der Waals surface area contributed by atoms with Gasteiger partial charge in [-0.1, -0.05) is 51.4 Å². The highest BCUT2D eigenvalue weighted by Gasteiger charge is 2.23. The summed E-state index contributed by atoms with van der Waals surface area (Å²) in [7, 11) is 0. The molecule has 1 aromatic rings. The highest BCUT2D eigenvalue weighted by molar-refractivity contribution is 6.31. The number of hydrogen-bond acceptors (Lipinski definition) is 0. The third-order valence-electron chi connectivity index (χ3n) is 3.04. The Kier molecular flexibility index (Phi) is 3.60. The topological polar surface area (TPSA) is 0 Å². The Labute approximate surface area is 92.3 Å². The van der Waals surface area contributed by atoms with Gasteiger partial charge in [-0.3, -0.25) is 0 Å². The second-order valence-electron chi connectivity index (χ2n) is 4.36. The van der Waals surface area contributed by atoms with Crippen molar-refractivity contribution in [2.24, 2.45) is 0 Å². The molecule has 1 heteroatoms. The van der Waals surface area contributed by atoms with Crippen LogP contribution in [0.4, 0.5) is 0 Å². The fourth-order valence-electron chi connectivity index (χ4n) is 1.80. The lowest BCUT2D eigenvalue weighted by Crippen LogP contribution is -2.18. The molecule has 0 heterocycles. The van der Waals surface area contributed by atoms with E-state index in [1.54, 1.807) is 0 Å². The molecule has 14 heavy (non-hydrogen) atoms. The summed E-state index contributed by atoms with van der Waals surface area (Å²) in [4.78, 5) is 0. The lowest BCUT2D eigenvalue weighted by atomic mass is 9.79. The molecule has 0 unspecified atom stereocenters. The van der Waals surface area contributed by atoms with Crippen LogP contribution in [0.25, 0.3) is 0 Å². The van der Waals surface area contributed by atoms with Gasteiger partial charge in [0.25, 0.3) is 0 Å². The zero-order valence-electron chi connectivity index (χ0n) is 9.52. The van der Waals surface area contributed by atoms with Gasteiger partial charge in [0.15, 0.2) is 0 Å². The van der Waals surface area contributed by atoms with Gasteiger partial charge in [0.05, 0.1) is 0 Å². The van der Waals surface area contributed by atoms with E-state index in [2.05, 4.69) is 33.8 Å². The second kappa shape index (κ2) is 4.35. The molecule has 0 aliphatic carbocycles. The molecule has 0 aliphatic rings. The van der Waals surface area contributed by atoms with Crippen LogP contribution in [0.5, 0.6) is 0 Å². The standard InChI is InChI=1S/C13H19Cl/c1-5-10-8-7-9-11(14)12(10)13(3,4)6-2/h7-9H,5-6H2,1-4H3. The monoisotopic (exact) mass is 210 g/mol. The van der Waals surface area contributed by atoms with Crippen molar-refractivity contribution in [1.29, 1.82) is 0 Å². The van der Waals surface area contributed by atoms with Crippen LogP contribution in [-0.4, -0.2) is 0 Å². The predicted molar refractivity (Wildman–Crippen MR) is 64.1 cm³/mol. The normalized spacial score (nSPS) is 11.8. The predicted octanol–water partition coefficient (Wildman–Crippen LogP) is 4.59. The largest absolute Gasteiger partial charge is 0.0840 e. The Balaban J connectivity index is 3.30. The summed E-state index contributed by atoms with van der Waals surface area (Å²) in [6.45, 7) is 8.91. The Bertz CT molecular complexity index is 313. The van der Waals surface area contributed by atoms with Crippen molar-refractivity contribution in [1.82, 2.24) is 0 Å². The Hall–Kier alpha value is -0.490.